The van der Waals surface area contributed by atoms with Gasteiger partial charge in [0.05, 0.1) is 23.7 Å². The van der Waals surface area contributed by atoms with Crippen LogP contribution in [-0.2, 0) is 6.54 Å². The van der Waals surface area contributed by atoms with Crippen molar-refractivity contribution in [3.8, 4) is 5.75 Å². The van der Waals surface area contributed by atoms with Crippen molar-refractivity contribution in [3.05, 3.63) is 102 Å². The zero-order valence-corrected chi connectivity index (χ0v) is 19.3. The Labute approximate surface area is 199 Å². The molecule has 0 spiro atoms. The fraction of sp³-hybridized carbons (Fsp3) is 0.214. The first-order valence-corrected chi connectivity index (χ1v) is 11.6. The number of aromatic amines is 1. The van der Waals surface area contributed by atoms with E-state index in [9.17, 15) is 0 Å². The number of rotatable bonds is 7. The number of hydrogen-bond donors (Lipinski definition) is 3. The first-order valence-electron chi connectivity index (χ1n) is 11.6. The number of fused-ring (bicyclic) bond motifs is 1. The molecule has 6 nitrogen and oxygen atoms in total. The van der Waals surface area contributed by atoms with Gasteiger partial charge in [-0.05, 0) is 41.0 Å². The Hall–Kier alpha value is -3.90. The van der Waals surface area contributed by atoms with Crippen molar-refractivity contribution < 1.29 is 10.1 Å². The molecule has 6 heteroatoms. The molecule has 0 aliphatic carbocycles. The smallest absolute Gasteiger partial charge is 0.169 e. The molecule has 0 bridgehead atoms. The van der Waals surface area contributed by atoms with Crippen LogP contribution < -0.4 is 15.9 Å². The number of ether oxygens (including phenoxy) is 1. The molecule has 1 aliphatic heterocycles. The Balaban J connectivity index is 1.49. The Morgan fingerprint density at radius 1 is 1.09 bits per heavy atom. The predicted octanol–water partition coefficient (Wildman–Crippen LogP) is 3.08. The maximum atomic E-state index is 5.73. The normalized spacial score (nSPS) is 18.9. The van der Waals surface area contributed by atoms with E-state index in [0.29, 0.717) is 5.92 Å². The van der Waals surface area contributed by atoms with Crippen molar-refractivity contribution in [1.82, 2.24) is 14.9 Å². The second kappa shape index (κ2) is 9.53. The molecule has 0 saturated carbocycles. The van der Waals surface area contributed by atoms with E-state index in [1.54, 1.807) is 7.11 Å². The van der Waals surface area contributed by atoms with Crippen molar-refractivity contribution in [3.63, 3.8) is 0 Å². The first-order chi connectivity index (χ1) is 16.7. The molecule has 1 aromatic heterocycles. The Kier molecular flexibility index (Phi) is 6.14. The van der Waals surface area contributed by atoms with Crippen molar-refractivity contribution in [2.45, 2.75) is 18.4 Å². The summed E-state index contributed by atoms with van der Waals surface area (Å²) < 4.78 is 5.38. The van der Waals surface area contributed by atoms with E-state index in [2.05, 4.69) is 58.4 Å². The van der Waals surface area contributed by atoms with Gasteiger partial charge in [-0.3, -0.25) is 10.3 Å². The van der Waals surface area contributed by atoms with E-state index in [1.165, 1.54) is 23.5 Å². The number of methoxy groups -OCH3 is 1. The number of aromatic nitrogens is 2. The van der Waals surface area contributed by atoms with Gasteiger partial charge in [-0.1, -0.05) is 48.5 Å². The zero-order chi connectivity index (χ0) is 23.5. The number of allylic oxidation sites excluding steroid dienone is 1. The van der Waals surface area contributed by atoms with Gasteiger partial charge in [0, 0.05) is 37.7 Å². The lowest BCUT2D eigenvalue weighted by Gasteiger charge is -2.17. The van der Waals surface area contributed by atoms with Gasteiger partial charge in [-0.15, -0.1) is 0 Å². The molecule has 1 aliphatic rings. The van der Waals surface area contributed by atoms with E-state index in [0.717, 1.165) is 53.4 Å². The molecule has 2 heterocycles. The van der Waals surface area contributed by atoms with Crippen LogP contribution in [0, 0.1) is 0 Å². The molecule has 1 fully saturated rings. The summed E-state index contributed by atoms with van der Waals surface area (Å²) in [4.78, 5) is 11.1. The fourth-order valence-electron chi connectivity index (χ4n) is 4.95. The average Bonchev–Trinajstić information content (AvgIpc) is 3.49. The van der Waals surface area contributed by atoms with Gasteiger partial charge < -0.3 is 15.5 Å². The minimum Gasteiger partial charge on any atom is -0.497 e. The standard InChI is InChI=1S/C28H29N5O/c1-34-23-10-7-20(8-11-23)24-17-33(16-19-5-3-2-4-6-19)18-25(24)28-31-26-12-9-21(13-27(26)32-28)22(14-29)15-30/h2-15,24-25,29H,16-18,30H2,1H3,(H,31,32)/p+1/b22-15+,29-14?/t24?,25-/m0/s1. The molecule has 2 atom stereocenters. The Morgan fingerprint density at radius 2 is 1.85 bits per heavy atom. The van der Waals surface area contributed by atoms with Crippen LogP contribution in [0.25, 0.3) is 16.6 Å². The fourth-order valence-corrected chi connectivity index (χ4v) is 4.95. The van der Waals surface area contributed by atoms with E-state index >= 15 is 0 Å². The van der Waals surface area contributed by atoms with Gasteiger partial charge >= 0.3 is 0 Å². The molecule has 172 valence electrons. The highest BCUT2D eigenvalue weighted by atomic mass is 16.5. The van der Waals surface area contributed by atoms with E-state index in [4.69, 9.17) is 20.9 Å². The van der Waals surface area contributed by atoms with Crippen molar-refractivity contribution in [1.29, 1.82) is 0 Å². The number of H-pyrrole nitrogens is 1. The van der Waals surface area contributed by atoms with E-state index in [1.807, 2.05) is 24.3 Å². The second-order valence-corrected chi connectivity index (χ2v) is 8.81. The van der Waals surface area contributed by atoms with Crippen molar-refractivity contribution >= 4 is 22.8 Å². The molecule has 1 unspecified atom stereocenters. The average molecular weight is 453 g/mol. The van der Waals surface area contributed by atoms with Crippen molar-refractivity contribution in [2.75, 3.05) is 20.2 Å². The lowest BCUT2D eigenvalue weighted by Crippen LogP contribution is -2.30. The Morgan fingerprint density at radius 3 is 2.56 bits per heavy atom. The summed E-state index contributed by atoms with van der Waals surface area (Å²) in [6.45, 7) is 2.82. The number of benzene rings is 3. The minimum atomic E-state index is 0.249. The van der Waals surface area contributed by atoms with Crippen LogP contribution in [-0.4, -0.2) is 41.3 Å². The second-order valence-electron chi connectivity index (χ2n) is 8.81. The quantitative estimate of drug-likeness (QED) is 0.376. The molecular formula is C28H30N5O+. The van der Waals surface area contributed by atoms with Crippen LogP contribution >= 0.6 is 0 Å². The van der Waals surface area contributed by atoms with Gasteiger partial charge in [-0.2, -0.15) is 0 Å². The largest absolute Gasteiger partial charge is 0.497 e. The summed E-state index contributed by atoms with van der Waals surface area (Å²) in [6.07, 6.45) is 3.05. The lowest BCUT2D eigenvalue weighted by molar-refractivity contribution is -0.103. The summed E-state index contributed by atoms with van der Waals surface area (Å²) in [5.74, 6) is 2.46. The van der Waals surface area contributed by atoms with Gasteiger partial charge in [0.2, 0.25) is 0 Å². The van der Waals surface area contributed by atoms with Crippen LogP contribution in [0.1, 0.15) is 34.4 Å². The predicted molar refractivity (Wildman–Crippen MR) is 136 cm³/mol. The van der Waals surface area contributed by atoms with Gasteiger partial charge in [0.15, 0.2) is 6.21 Å². The SMILES string of the molecule is COc1ccc(C2CN(Cc3ccccc3)C[C@@H]2c2nc3ccc(/C(C=[NH2+])=C/N)cc3[nH]2)cc1. The third-order valence-corrected chi connectivity index (χ3v) is 6.73. The topological polar surface area (TPSA) is 92.8 Å². The van der Waals surface area contributed by atoms with E-state index < -0.39 is 0 Å². The minimum absolute atomic E-state index is 0.249. The number of nitrogens with two attached hydrogens (primary N) is 2. The molecule has 0 radical (unpaired) electrons. The molecule has 0 amide bonds. The zero-order valence-electron chi connectivity index (χ0n) is 19.3. The highest BCUT2D eigenvalue weighted by molar-refractivity contribution is 6.07. The highest BCUT2D eigenvalue weighted by Crippen LogP contribution is 2.40. The molecular weight excluding hydrogens is 422 g/mol. The summed E-state index contributed by atoms with van der Waals surface area (Å²) >= 11 is 0. The first kappa shape index (κ1) is 21.9. The summed E-state index contributed by atoms with van der Waals surface area (Å²) in [5.41, 5.74) is 12.1. The monoisotopic (exact) mass is 452 g/mol. The molecule has 34 heavy (non-hydrogen) atoms. The summed E-state index contributed by atoms with van der Waals surface area (Å²) in [5, 5.41) is 5.73. The number of imidazole rings is 1. The third-order valence-electron chi connectivity index (χ3n) is 6.73. The lowest BCUT2D eigenvalue weighted by atomic mass is 9.88. The highest BCUT2D eigenvalue weighted by Gasteiger charge is 2.36. The molecule has 1 saturated heterocycles. The van der Waals surface area contributed by atoms with Gasteiger partial charge in [-0.25, -0.2) is 4.98 Å². The molecule has 3 aromatic carbocycles. The third kappa shape index (κ3) is 4.32. The maximum absolute atomic E-state index is 5.73. The number of likely N-dealkylation sites (tertiary alicyclic amines) is 1. The van der Waals surface area contributed by atoms with Gasteiger partial charge in [0.1, 0.15) is 11.6 Å². The molecule has 4 aromatic rings. The molecule has 5 N–H and O–H groups in total. The van der Waals surface area contributed by atoms with Crippen LogP contribution in [0.5, 0.6) is 5.75 Å². The number of nitrogens with one attached hydrogen (secondary N) is 1. The van der Waals surface area contributed by atoms with Crippen LogP contribution in [0.3, 0.4) is 0 Å². The number of nitrogens with zero attached hydrogens (tertiary/aromatic N) is 2. The summed E-state index contributed by atoms with van der Waals surface area (Å²) in [7, 11) is 1.70. The van der Waals surface area contributed by atoms with Crippen LogP contribution in [0.4, 0.5) is 0 Å². The Bertz CT molecular complexity index is 1310. The van der Waals surface area contributed by atoms with Crippen LogP contribution in [0.2, 0.25) is 0 Å². The summed E-state index contributed by atoms with van der Waals surface area (Å²) in [6, 6.07) is 25.2. The van der Waals surface area contributed by atoms with Gasteiger partial charge in [0.25, 0.3) is 0 Å². The molecule has 5 rings (SSSR count). The number of hydrogen-bond acceptors (Lipinski definition) is 4. The maximum Gasteiger partial charge on any atom is 0.169 e. The van der Waals surface area contributed by atoms with Crippen molar-refractivity contribution in [2.24, 2.45) is 5.73 Å². The van der Waals surface area contributed by atoms with Crippen LogP contribution in [0.15, 0.2) is 79.0 Å². The van der Waals surface area contributed by atoms with E-state index in [-0.39, 0.29) is 5.92 Å².